The summed E-state index contributed by atoms with van der Waals surface area (Å²) in [5.74, 6) is 0.0636. The van der Waals surface area contributed by atoms with Gasteiger partial charge in [0.1, 0.15) is 12.6 Å². The van der Waals surface area contributed by atoms with Crippen LogP contribution in [-0.4, -0.2) is 58.0 Å². The Morgan fingerprint density at radius 1 is 1.33 bits per heavy atom. The van der Waals surface area contributed by atoms with Gasteiger partial charge in [-0.25, -0.2) is 4.98 Å². The quantitative estimate of drug-likeness (QED) is 0.571. The minimum atomic E-state index is -0.642. The number of nitrogens with two attached hydrogens (primary N) is 2. The van der Waals surface area contributed by atoms with E-state index in [1.54, 1.807) is 13.4 Å². The summed E-state index contributed by atoms with van der Waals surface area (Å²) in [6.07, 6.45) is 1.95. The highest BCUT2D eigenvalue weighted by Gasteiger charge is 2.21. The number of carbonyl (C=O) groups is 1. The summed E-state index contributed by atoms with van der Waals surface area (Å²) in [7, 11) is 1.57. The van der Waals surface area contributed by atoms with Gasteiger partial charge in [0.2, 0.25) is 11.8 Å². The van der Waals surface area contributed by atoms with Crippen LogP contribution in [0.3, 0.4) is 0 Å². The number of methoxy groups -OCH3 is 1. The molecule has 0 aliphatic heterocycles. The van der Waals surface area contributed by atoms with E-state index in [4.69, 9.17) is 25.7 Å². The molecule has 10 heteroatoms. The Balaban J connectivity index is 2.01. The molecule has 0 saturated heterocycles. The lowest BCUT2D eigenvalue weighted by Gasteiger charge is -2.19. The zero-order valence-corrected chi connectivity index (χ0v) is 16.2. The number of fused-ring (bicyclic) bond motifs is 1. The van der Waals surface area contributed by atoms with Crippen molar-refractivity contribution in [2.45, 2.75) is 45.9 Å². The molecule has 150 valence electrons. The fourth-order valence-electron chi connectivity index (χ4n) is 2.43. The van der Waals surface area contributed by atoms with Gasteiger partial charge >= 0.3 is 5.97 Å². The maximum Gasteiger partial charge on any atom is 0.323 e. The number of rotatable bonds is 10. The van der Waals surface area contributed by atoms with Crippen LogP contribution in [0.25, 0.3) is 11.2 Å². The molecule has 2 heterocycles. The summed E-state index contributed by atoms with van der Waals surface area (Å²) in [6.45, 7) is 6.72. The first-order valence-electron chi connectivity index (χ1n) is 8.93. The number of nitrogens with zero attached hydrogens (tertiary/aromatic N) is 4. The first kappa shape index (κ1) is 20.8. The van der Waals surface area contributed by atoms with Gasteiger partial charge in [-0.15, -0.1) is 0 Å². The van der Waals surface area contributed by atoms with E-state index in [2.05, 4.69) is 15.0 Å². The van der Waals surface area contributed by atoms with Crippen molar-refractivity contribution in [3.8, 4) is 5.88 Å². The zero-order valence-electron chi connectivity index (χ0n) is 16.2. The lowest BCUT2D eigenvalue weighted by molar-refractivity contribution is -0.150. The highest BCUT2D eigenvalue weighted by molar-refractivity contribution is 5.77. The number of hydrogen-bond acceptors (Lipinski definition) is 9. The van der Waals surface area contributed by atoms with E-state index in [1.165, 1.54) is 0 Å². The molecule has 0 aromatic carbocycles. The molecular weight excluding hydrogens is 352 g/mol. The monoisotopic (exact) mass is 380 g/mol. The molecule has 2 atom stereocenters. The van der Waals surface area contributed by atoms with Gasteiger partial charge in [0.15, 0.2) is 11.2 Å². The smallest absolute Gasteiger partial charge is 0.323 e. The number of nitrogen functional groups attached to an aromatic ring is 1. The molecule has 0 bridgehead atoms. The van der Waals surface area contributed by atoms with Crippen molar-refractivity contribution in [2.75, 3.05) is 26.1 Å². The summed E-state index contributed by atoms with van der Waals surface area (Å²) >= 11 is 0. The van der Waals surface area contributed by atoms with Crippen molar-refractivity contribution >= 4 is 23.1 Å². The summed E-state index contributed by atoms with van der Waals surface area (Å²) in [6, 6.07) is -0.642. The van der Waals surface area contributed by atoms with Gasteiger partial charge in [0.25, 0.3) is 0 Å². The number of ether oxygens (including phenoxy) is 3. The number of esters is 1. The van der Waals surface area contributed by atoms with Crippen molar-refractivity contribution in [3.63, 3.8) is 0 Å². The van der Waals surface area contributed by atoms with Crippen LogP contribution in [0, 0.1) is 5.92 Å². The van der Waals surface area contributed by atoms with Crippen LogP contribution < -0.4 is 16.2 Å². The van der Waals surface area contributed by atoms with E-state index >= 15 is 0 Å². The van der Waals surface area contributed by atoms with Gasteiger partial charge in [-0.1, -0.05) is 13.8 Å². The standard InChI is InChI=1S/C17H28N6O4/c1-5-26-15-13-14(21-17(19)22-15)23(9-20-13)7-6-11(25-4)8-27-16(24)12(18)10(2)3/h9-12H,5-8,18H2,1-4H3,(H2,19,21,22). The Labute approximate surface area is 158 Å². The lowest BCUT2D eigenvalue weighted by Crippen LogP contribution is -2.38. The molecule has 4 N–H and O–H groups in total. The van der Waals surface area contributed by atoms with Crippen LogP contribution >= 0.6 is 0 Å². The first-order valence-corrected chi connectivity index (χ1v) is 8.93. The third-order valence-electron chi connectivity index (χ3n) is 4.16. The maximum absolute atomic E-state index is 11.9. The molecule has 2 rings (SSSR count). The second kappa shape index (κ2) is 9.47. The molecule has 0 aliphatic carbocycles. The Morgan fingerprint density at radius 2 is 2.07 bits per heavy atom. The molecule has 2 aromatic rings. The largest absolute Gasteiger partial charge is 0.476 e. The van der Waals surface area contributed by atoms with E-state index in [0.717, 1.165) is 0 Å². The Hall–Kier alpha value is -2.46. The number of aromatic nitrogens is 4. The van der Waals surface area contributed by atoms with Crippen LogP contribution in [-0.2, 0) is 20.8 Å². The molecule has 10 nitrogen and oxygen atoms in total. The summed E-state index contributed by atoms with van der Waals surface area (Å²) in [5.41, 5.74) is 12.7. The normalized spacial score (nSPS) is 13.7. The molecule has 0 radical (unpaired) electrons. The van der Waals surface area contributed by atoms with Crippen LogP contribution in [0.15, 0.2) is 6.33 Å². The summed E-state index contributed by atoms with van der Waals surface area (Å²) in [4.78, 5) is 24.5. The maximum atomic E-state index is 11.9. The first-order chi connectivity index (χ1) is 12.9. The topological polar surface area (TPSA) is 140 Å². The number of anilines is 1. The Morgan fingerprint density at radius 3 is 2.70 bits per heavy atom. The van der Waals surface area contributed by atoms with Crippen molar-refractivity contribution in [1.29, 1.82) is 0 Å². The van der Waals surface area contributed by atoms with E-state index in [9.17, 15) is 4.79 Å². The van der Waals surface area contributed by atoms with E-state index < -0.39 is 12.0 Å². The van der Waals surface area contributed by atoms with Crippen LogP contribution in [0.4, 0.5) is 5.95 Å². The molecule has 27 heavy (non-hydrogen) atoms. The van der Waals surface area contributed by atoms with Gasteiger partial charge in [-0.05, 0) is 19.3 Å². The lowest BCUT2D eigenvalue weighted by atomic mass is 10.1. The van der Waals surface area contributed by atoms with Crippen molar-refractivity contribution in [1.82, 2.24) is 19.5 Å². The molecule has 0 amide bonds. The number of hydrogen-bond donors (Lipinski definition) is 2. The zero-order chi connectivity index (χ0) is 20.0. The molecule has 0 fully saturated rings. The van der Waals surface area contributed by atoms with Gasteiger partial charge in [0, 0.05) is 13.7 Å². The molecule has 2 unspecified atom stereocenters. The van der Waals surface area contributed by atoms with Crippen LogP contribution in [0.2, 0.25) is 0 Å². The number of aryl methyl sites for hydroxylation is 1. The molecule has 2 aromatic heterocycles. The average molecular weight is 380 g/mol. The molecular formula is C17H28N6O4. The van der Waals surface area contributed by atoms with Gasteiger partial charge < -0.3 is 30.2 Å². The van der Waals surface area contributed by atoms with E-state index in [0.29, 0.717) is 36.6 Å². The minimum Gasteiger partial charge on any atom is -0.476 e. The third-order valence-corrected chi connectivity index (χ3v) is 4.16. The Bertz CT molecular complexity index is 763. The van der Waals surface area contributed by atoms with Gasteiger partial charge in [-0.2, -0.15) is 9.97 Å². The van der Waals surface area contributed by atoms with E-state index in [-0.39, 0.29) is 24.6 Å². The third kappa shape index (κ3) is 5.27. The van der Waals surface area contributed by atoms with Crippen molar-refractivity contribution in [2.24, 2.45) is 11.7 Å². The molecule has 0 aliphatic rings. The fourth-order valence-corrected chi connectivity index (χ4v) is 2.43. The van der Waals surface area contributed by atoms with E-state index in [1.807, 2.05) is 25.3 Å². The predicted molar refractivity (Wildman–Crippen MR) is 100 cm³/mol. The minimum absolute atomic E-state index is 0.0143. The highest BCUT2D eigenvalue weighted by Crippen LogP contribution is 2.22. The summed E-state index contributed by atoms with van der Waals surface area (Å²) < 4.78 is 18.0. The SMILES string of the molecule is CCOc1nc(N)nc2c1ncn2CCC(COC(=O)C(N)C(C)C)OC. The second-order valence-electron chi connectivity index (χ2n) is 6.48. The van der Waals surface area contributed by atoms with Gasteiger partial charge in [-0.3, -0.25) is 4.79 Å². The van der Waals surface area contributed by atoms with Gasteiger partial charge in [0.05, 0.1) is 19.0 Å². The van der Waals surface area contributed by atoms with Crippen molar-refractivity contribution in [3.05, 3.63) is 6.33 Å². The van der Waals surface area contributed by atoms with Crippen LogP contribution in [0.5, 0.6) is 5.88 Å². The predicted octanol–water partition coefficient (Wildman–Crippen LogP) is 0.739. The Kier molecular flexibility index (Phi) is 7.31. The van der Waals surface area contributed by atoms with Crippen molar-refractivity contribution < 1.29 is 19.0 Å². The number of carbonyl (C=O) groups excluding carboxylic acids is 1. The molecule has 0 saturated carbocycles. The number of imidazole rings is 1. The molecule has 0 spiro atoms. The average Bonchev–Trinajstić information content (AvgIpc) is 3.04. The van der Waals surface area contributed by atoms with Crippen LogP contribution in [0.1, 0.15) is 27.2 Å². The highest BCUT2D eigenvalue weighted by atomic mass is 16.6. The summed E-state index contributed by atoms with van der Waals surface area (Å²) in [5, 5.41) is 0. The fraction of sp³-hybridized carbons (Fsp3) is 0.647. The second-order valence-corrected chi connectivity index (χ2v) is 6.48.